The first-order valence-corrected chi connectivity index (χ1v) is 9.29. The zero-order valence-electron chi connectivity index (χ0n) is 15.5. The van der Waals surface area contributed by atoms with Gasteiger partial charge in [0.1, 0.15) is 10.8 Å². The van der Waals surface area contributed by atoms with Crippen LogP contribution >= 0.6 is 23.8 Å². The molecule has 0 saturated carbocycles. The van der Waals surface area contributed by atoms with Crippen molar-refractivity contribution in [3.8, 4) is 5.75 Å². The Hall–Kier alpha value is -2.72. The quantitative estimate of drug-likeness (QED) is 0.381. The van der Waals surface area contributed by atoms with Crippen LogP contribution in [-0.2, 0) is 4.74 Å². The molecule has 0 aliphatic rings. The number of rotatable bonds is 6. The molecule has 0 fully saturated rings. The van der Waals surface area contributed by atoms with Crippen LogP contribution in [0.15, 0.2) is 29.4 Å². The van der Waals surface area contributed by atoms with E-state index in [1.165, 1.54) is 0 Å². The van der Waals surface area contributed by atoms with Gasteiger partial charge in [0.2, 0.25) is 0 Å². The molecule has 27 heavy (non-hydrogen) atoms. The minimum atomic E-state index is -0.531. The first kappa shape index (κ1) is 20.6. The third kappa shape index (κ3) is 5.63. The number of benzene rings is 1. The van der Waals surface area contributed by atoms with Gasteiger partial charge < -0.3 is 14.8 Å². The van der Waals surface area contributed by atoms with Gasteiger partial charge in [0.05, 0.1) is 36.4 Å². The van der Waals surface area contributed by atoms with E-state index in [1.807, 2.05) is 31.2 Å². The van der Waals surface area contributed by atoms with Gasteiger partial charge in [-0.3, -0.25) is 10.7 Å². The number of nitrogens with one attached hydrogen (secondary N) is 3. The van der Waals surface area contributed by atoms with Gasteiger partial charge in [0.15, 0.2) is 5.11 Å². The number of hydrogen-bond acceptors (Lipinski definition) is 7. The van der Waals surface area contributed by atoms with Gasteiger partial charge in [-0.2, -0.15) is 9.47 Å². The van der Waals surface area contributed by atoms with E-state index in [1.54, 1.807) is 21.0 Å². The summed E-state index contributed by atoms with van der Waals surface area (Å²) in [6.45, 7) is 5.67. The molecule has 0 unspecified atom stereocenters. The smallest absolute Gasteiger partial charge is 0.412 e. The lowest BCUT2D eigenvalue weighted by Gasteiger charge is -2.11. The molecule has 0 atom stereocenters. The molecular weight excluding hydrogens is 386 g/mol. The number of aromatic nitrogens is 1. The van der Waals surface area contributed by atoms with Crippen LogP contribution in [0.4, 0.5) is 15.5 Å². The molecule has 2 rings (SSSR count). The third-order valence-electron chi connectivity index (χ3n) is 3.40. The molecule has 0 radical (unpaired) electrons. The highest BCUT2D eigenvalue weighted by atomic mass is 32.1. The zero-order valence-corrected chi connectivity index (χ0v) is 17.1. The standard InChI is InChI=1S/C17H21N5O3S2/c1-5-25-17(23)19-15-14(11(3)22-27-15)10(2)20-21-16(26)18-12-8-6-7-9-13(12)24-4/h6-9H,5H2,1-4H3,(H,19,23)(H2,18,21,26)/b20-10+. The second-order valence-electron chi connectivity index (χ2n) is 5.28. The maximum atomic E-state index is 11.7. The summed E-state index contributed by atoms with van der Waals surface area (Å²) in [4.78, 5) is 11.7. The number of ether oxygens (including phenoxy) is 2. The van der Waals surface area contributed by atoms with Crippen molar-refractivity contribution < 1.29 is 14.3 Å². The fraction of sp³-hybridized carbons (Fsp3) is 0.294. The topological polar surface area (TPSA) is 96.9 Å². The number of nitrogens with zero attached hydrogens (tertiary/aromatic N) is 2. The molecule has 0 spiro atoms. The van der Waals surface area contributed by atoms with E-state index in [0.29, 0.717) is 21.6 Å². The predicted octanol–water partition coefficient (Wildman–Crippen LogP) is 3.74. The molecule has 0 saturated heterocycles. The highest BCUT2D eigenvalue weighted by Gasteiger charge is 2.16. The van der Waals surface area contributed by atoms with E-state index in [9.17, 15) is 4.79 Å². The first-order valence-electron chi connectivity index (χ1n) is 8.11. The van der Waals surface area contributed by atoms with E-state index in [2.05, 4.69) is 25.5 Å². The number of amides is 1. The molecule has 1 heterocycles. The Balaban J connectivity index is 2.08. The molecule has 1 aromatic heterocycles. The fourth-order valence-corrected chi connectivity index (χ4v) is 3.22. The highest BCUT2D eigenvalue weighted by Crippen LogP contribution is 2.25. The van der Waals surface area contributed by atoms with Crippen LogP contribution in [0.2, 0.25) is 0 Å². The van der Waals surface area contributed by atoms with Gasteiger partial charge in [-0.05, 0) is 56.7 Å². The molecule has 0 aliphatic carbocycles. The van der Waals surface area contributed by atoms with E-state index < -0.39 is 6.09 Å². The Bertz CT molecular complexity index is 851. The molecule has 1 amide bonds. The number of anilines is 2. The molecular formula is C17H21N5O3S2. The normalized spacial score (nSPS) is 10.9. The fourth-order valence-electron chi connectivity index (χ4n) is 2.23. The number of hydrazone groups is 1. The van der Waals surface area contributed by atoms with Crippen LogP contribution in [0.1, 0.15) is 25.1 Å². The van der Waals surface area contributed by atoms with Crippen LogP contribution in [0.3, 0.4) is 0 Å². The Morgan fingerprint density at radius 3 is 2.78 bits per heavy atom. The zero-order chi connectivity index (χ0) is 19.8. The Labute approximate surface area is 167 Å². The number of carbonyl (C=O) groups is 1. The summed E-state index contributed by atoms with van der Waals surface area (Å²) in [5.41, 5.74) is 5.61. The number of aryl methyl sites for hydroxylation is 1. The van der Waals surface area contributed by atoms with Crippen LogP contribution in [0, 0.1) is 6.92 Å². The molecule has 10 heteroatoms. The van der Waals surface area contributed by atoms with Crippen LogP contribution < -0.4 is 20.8 Å². The maximum Gasteiger partial charge on any atom is 0.412 e. The van der Waals surface area contributed by atoms with Crippen molar-refractivity contribution >= 4 is 51.4 Å². The molecule has 2 aromatic rings. The minimum Gasteiger partial charge on any atom is -0.495 e. The van der Waals surface area contributed by atoms with E-state index in [0.717, 1.165) is 28.5 Å². The monoisotopic (exact) mass is 407 g/mol. The van der Waals surface area contributed by atoms with Crippen molar-refractivity contribution in [3.05, 3.63) is 35.5 Å². The Morgan fingerprint density at radius 2 is 2.07 bits per heavy atom. The van der Waals surface area contributed by atoms with Crippen molar-refractivity contribution in [2.75, 3.05) is 24.4 Å². The number of methoxy groups -OCH3 is 1. The third-order valence-corrected chi connectivity index (χ3v) is 4.44. The summed E-state index contributed by atoms with van der Waals surface area (Å²) in [6.07, 6.45) is -0.531. The largest absolute Gasteiger partial charge is 0.495 e. The van der Waals surface area contributed by atoms with Crippen LogP contribution in [-0.4, -0.2) is 35.0 Å². The van der Waals surface area contributed by atoms with Gasteiger partial charge >= 0.3 is 6.09 Å². The summed E-state index contributed by atoms with van der Waals surface area (Å²) in [5.74, 6) is 0.668. The van der Waals surface area contributed by atoms with Crippen molar-refractivity contribution in [3.63, 3.8) is 0 Å². The molecule has 0 aliphatic heterocycles. The highest BCUT2D eigenvalue weighted by molar-refractivity contribution is 7.80. The Kier molecular flexibility index (Phi) is 7.50. The molecule has 0 bridgehead atoms. The van der Waals surface area contributed by atoms with Crippen molar-refractivity contribution in [1.29, 1.82) is 0 Å². The second kappa shape index (κ2) is 9.83. The summed E-state index contributed by atoms with van der Waals surface area (Å²) in [5, 5.41) is 10.9. The predicted molar refractivity (Wildman–Crippen MR) is 112 cm³/mol. The average Bonchev–Trinajstić information content (AvgIpc) is 3.00. The lowest BCUT2D eigenvalue weighted by atomic mass is 10.2. The molecule has 8 nitrogen and oxygen atoms in total. The number of para-hydroxylation sites is 2. The SMILES string of the molecule is CCOC(=O)Nc1snc(C)c1/C(C)=N/NC(=S)Nc1ccccc1OC. The van der Waals surface area contributed by atoms with Crippen molar-refractivity contribution in [2.24, 2.45) is 5.10 Å². The van der Waals surface area contributed by atoms with Gasteiger partial charge in [0.25, 0.3) is 0 Å². The van der Waals surface area contributed by atoms with E-state index >= 15 is 0 Å². The Morgan fingerprint density at radius 1 is 1.33 bits per heavy atom. The minimum absolute atomic E-state index is 0.288. The molecule has 144 valence electrons. The second-order valence-corrected chi connectivity index (χ2v) is 6.46. The maximum absolute atomic E-state index is 11.7. The van der Waals surface area contributed by atoms with Gasteiger partial charge in [-0.1, -0.05) is 12.1 Å². The summed E-state index contributed by atoms with van der Waals surface area (Å²) in [7, 11) is 1.59. The number of carbonyl (C=O) groups excluding carboxylic acids is 1. The van der Waals surface area contributed by atoms with E-state index in [-0.39, 0.29) is 6.61 Å². The van der Waals surface area contributed by atoms with Gasteiger partial charge in [-0.25, -0.2) is 4.79 Å². The lowest BCUT2D eigenvalue weighted by molar-refractivity contribution is 0.168. The van der Waals surface area contributed by atoms with Crippen LogP contribution in [0.25, 0.3) is 0 Å². The molecule has 1 aromatic carbocycles. The average molecular weight is 408 g/mol. The lowest BCUT2D eigenvalue weighted by Crippen LogP contribution is -2.25. The number of hydrogen-bond donors (Lipinski definition) is 3. The summed E-state index contributed by atoms with van der Waals surface area (Å²) in [6, 6.07) is 7.41. The van der Waals surface area contributed by atoms with Crippen molar-refractivity contribution in [1.82, 2.24) is 9.80 Å². The van der Waals surface area contributed by atoms with E-state index in [4.69, 9.17) is 21.7 Å². The van der Waals surface area contributed by atoms with Gasteiger partial charge in [-0.15, -0.1) is 0 Å². The van der Waals surface area contributed by atoms with Crippen LogP contribution in [0.5, 0.6) is 5.75 Å². The summed E-state index contributed by atoms with van der Waals surface area (Å²) < 4.78 is 14.4. The van der Waals surface area contributed by atoms with Gasteiger partial charge in [0, 0.05) is 0 Å². The summed E-state index contributed by atoms with van der Waals surface area (Å²) >= 11 is 6.44. The molecule has 3 N–H and O–H groups in total. The number of thiocarbonyl (C=S) groups is 1. The van der Waals surface area contributed by atoms with Crippen molar-refractivity contribution in [2.45, 2.75) is 20.8 Å². The first-order chi connectivity index (χ1) is 13.0.